The van der Waals surface area contributed by atoms with E-state index in [0.717, 1.165) is 42.3 Å². The van der Waals surface area contributed by atoms with Gasteiger partial charge in [0.25, 0.3) is 5.91 Å². The summed E-state index contributed by atoms with van der Waals surface area (Å²) in [5.74, 6) is -2.44. The number of benzene rings is 2. The summed E-state index contributed by atoms with van der Waals surface area (Å²) in [6, 6.07) is 10.0. The minimum Gasteiger partial charge on any atom is -0.452 e. The molecule has 30 heavy (non-hydrogen) atoms. The van der Waals surface area contributed by atoms with Crippen LogP contribution in [0, 0.1) is 17.6 Å². The van der Waals surface area contributed by atoms with Gasteiger partial charge in [0, 0.05) is 17.1 Å². The van der Waals surface area contributed by atoms with Crippen LogP contribution >= 0.6 is 0 Å². The summed E-state index contributed by atoms with van der Waals surface area (Å²) >= 11 is 0. The molecule has 1 aliphatic rings. The highest BCUT2D eigenvalue weighted by atomic mass is 19.1. The van der Waals surface area contributed by atoms with E-state index in [4.69, 9.17) is 9.72 Å². The molecular weight excluding hydrogens is 390 g/mol. The lowest BCUT2D eigenvalue weighted by molar-refractivity contribution is -0.119. The Morgan fingerprint density at radius 1 is 1.20 bits per heavy atom. The zero-order chi connectivity index (χ0) is 21.3. The van der Waals surface area contributed by atoms with E-state index < -0.39 is 30.1 Å². The van der Waals surface area contributed by atoms with Crippen molar-refractivity contribution in [3.8, 4) is 0 Å². The van der Waals surface area contributed by atoms with E-state index in [2.05, 4.69) is 12.2 Å². The van der Waals surface area contributed by atoms with Gasteiger partial charge in [0.1, 0.15) is 11.6 Å². The van der Waals surface area contributed by atoms with Crippen LogP contribution in [0.5, 0.6) is 0 Å². The number of hydrogen-bond acceptors (Lipinski definition) is 4. The number of ether oxygens (including phenoxy) is 1. The summed E-state index contributed by atoms with van der Waals surface area (Å²) in [5, 5.41) is 2.89. The zero-order valence-electron chi connectivity index (χ0n) is 16.4. The Bertz CT molecular complexity index is 1150. The number of aromatic nitrogens is 1. The van der Waals surface area contributed by atoms with E-state index in [1.54, 1.807) is 6.07 Å². The molecule has 1 amide bonds. The minimum absolute atomic E-state index is 0.309. The van der Waals surface area contributed by atoms with Gasteiger partial charge in [-0.1, -0.05) is 25.1 Å². The number of nitrogens with zero attached hydrogens (tertiary/aromatic N) is 1. The predicted molar refractivity (Wildman–Crippen MR) is 108 cm³/mol. The van der Waals surface area contributed by atoms with Crippen LogP contribution < -0.4 is 5.32 Å². The molecule has 1 aliphatic carbocycles. The maximum atomic E-state index is 13.7. The molecule has 0 aliphatic heterocycles. The first-order chi connectivity index (χ1) is 14.4. The van der Waals surface area contributed by atoms with Gasteiger partial charge in [-0.25, -0.2) is 13.6 Å². The molecule has 154 valence electrons. The molecule has 7 heteroatoms. The van der Waals surface area contributed by atoms with E-state index in [-0.39, 0.29) is 5.69 Å². The molecule has 0 saturated carbocycles. The molecule has 5 nitrogen and oxygen atoms in total. The highest BCUT2D eigenvalue weighted by molar-refractivity contribution is 6.06. The van der Waals surface area contributed by atoms with Crippen molar-refractivity contribution < 1.29 is 23.1 Å². The first-order valence-electron chi connectivity index (χ1n) is 9.75. The SMILES string of the molecule is C[C@@H]1CCc2nc3ccccc3c(C(=O)OCC(=O)Nc3cc(F)ccc3F)c2C1. The molecule has 0 bridgehead atoms. The maximum absolute atomic E-state index is 13.7. The van der Waals surface area contributed by atoms with Gasteiger partial charge in [-0.15, -0.1) is 0 Å². The summed E-state index contributed by atoms with van der Waals surface area (Å²) in [5.41, 5.74) is 2.55. The summed E-state index contributed by atoms with van der Waals surface area (Å²) in [6.07, 6.45) is 2.48. The lowest BCUT2D eigenvalue weighted by Gasteiger charge is -2.24. The van der Waals surface area contributed by atoms with Crippen molar-refractivity contribution in [1.82, 2.24) is 4.98 Å². The number of pyridine rings is 1. The van der Waals surface area contributed by atoms with Crippen LogP contribution in [0.25, 0.3) is 10.9 Å². The number of carbonyl (C=O) groups excluding carboxylic acids is 2. The number of anilines is 1. The highest BCUT2D eigenvalue weighted by Gasteiger charge is 2.26. The monoisotopic (exact) mass is 410 g/mol. The van der Waals surface area contributed by atoms with Crippen molar-refractivity contribution >= 4 is 28.5 Å². The summed E-state index contributed by atoms with van der Waals surface area (Å²) in [7, 11) is 0. The van der Waals surface area contributed by atoms with Crippen molar-refractivity contribution in [2.24, 2.45) is 5.92 Å². The van der Waals surface area contributed by atoms with Crippen LogP contribution in [-0.2, 0) is 22.4 Å². The van der Waals surface area contributed by atoms with Crippen molar-refractivity contribution in [2.75, 3.05) is 11.9 Å². The number of fused-ring (bicyclic) bond motifs is 2. The number of aryl methyl sites for hydroxylation is 1. The third kappa shape index (κ3) is 4.01. The molecule has 0 spiro atoms. The average molecular weight is 410 g/mol. The van der Waals surface area contributed by atoms with Crippen molar-refractivity contribution in [3.05, 3.63) is 70.9 Å². The van der Waals surface area contributed by atoms with Gasteiger partial charge in [-0.3, -0.25) is 9.78 Å². The fraction of sp³-hybridized carbons (Fsp3) is 0.261. The first kappa shape index (κ1) is 19.9. The fourth-order valence-corrected chi connectivity index (χ4v) is 3.78. The van der Waals surface area contributed by atoms with Crippen molar-refractivity contribution in [1.29, 1.82) is 0 Å². The van der Waals surface area contributed by atoms with Crippen LogP contribution in [0.4, 0.5) is 14.5 Å². The van der Waals surface area contributed by atoms with Crippen LogP contribution in [0.1, 0.15) is 35.0 Å². The standard InChI is InChI=1S/C23H20F2N2O3/c1-13-6-9-19-16(10-13)22(15-4-2-3-5-18(15)26-19)23(29)30-12-21(28)27-20-11-14(24)7-8-17(20)25/h2-5,7-8,11,13H,6,9-10,12H2,1H3,(H,27,28)/t13-/m1/s1. The van der Waals surface area contributed by atoms with Crippen molar-refractivity contribution in [3.63, 3.8) is 0 Å². The van der Waals surface area contributed by atoms with Gasteiger partial charge in [0.2, 0.25) is 0 Å². The van der Waals surface area contributed by atoms with Gasteiger partial charge in [-0.2, -0.15) is 0 Å². The second kappa shape index (κ2) is 8.18. The minimum atomic E-state index is -0.778. The Morgan fingerprint density at radius 2 is 2.00 bits per heavy atom. The molecule has 0 unspecified atom stereocenters. The Hall–Kier alpha value is -3.35. The lowest BCUT2D eigenvalue weighted by Crippen LogP contribution is -2.24. The van der Waals surface area contributed by atoms with Crippen LogP contribution in [0.3, 0.4) is 0 Å². The Kier molecular flexibility index (Phi) is 5.44. The number of halogens is 2. The summed E-state index contributed by atoms with van der Waals surface area (Å²) in [4.78, 5) is 29.8. The van der Waals surface area contributed by atoms with Crippen LogP contribution in [-0.4, -0.2) is 23.5 Å². The smallest absolute Gasteiger partial charge is 0.339 e. The molecule has 1 N–H and O–H groups in total. The predicted octanol–water partition coefficient (Wildman–Crippen LogP) is 4.43. The number of para-hydroxylation sites is 1. The van der Waals surface area contributed by atoms with E-state index in [1.807, 2.05) is 18.2 Å². The van der Waals surface area contributed by atoms with Gasteiger partial charge in [0.15, 0.2) is 6.61 Å². The molecule has 2 aromatic carbocycles. The molecule has 0 fully saturated rings. The van der Waals surface area contributed by atoms with Crippen LogP contribution in [0.2, 0.25) is 0 Å². The van der Waals surface area contributed by atoms with Crippen LogP contribution in [0.15, 0.2) is 42.5 Å². The van der Waals surface area contributed by atoms with E-state index >= 15 is 0 Å². The number of nitrogens with one attached hydrogen (secondary N) is 1. The van der Waals surface area contributed by atoms with Gasteiger partial charge in [0.05, 0.1) is 16.8 Å². The number of carbonyl (C=O) groups is 2. The average Bonchev–Trinajstić information content (AvgIpc) is 2.73. The molecule has 1 heterocycles. The second-order valence-electron chi connectivity index (χ2n) is 7.53. The number of esters is 1. The van der Waals surface area contributed by atoms with E-state index in [0.29, 0.717) is 28.8 Å². The molecule has 4 rings (SSSR count). The third-order valence-corrected chi connectivity index (χ3v) is 5.25. The molecule has 1 atom stereocenters. The lowest BCUT2D eigenvalue weighted by atomic mass is 9.84. The van der Waals surface area contributed by atoms with E-state index in [9.17, 15) is 18.4 Å². The molecule has 1 aromatic heterocycles. The summed E-state index contributed by atoms with van der Waals surface area (Å²) < 4.78 is 32.2. The topological polar surface area (TPSA) is 68.3 Å². The molecule has 0 radical (unpaired) electrons. The number of rotatable bonds is 4. The molecule has 0 saturated heterocycles. The highest BCUT2D eigenvalue weighted by Crippen LogP contribution is 2.32. The quantitative estimate of drug-likeness (QED) is 0.646. The Balaban J connectivity index is 1.57. The molecular formula is C23H20F2N2O3. The normalized spacial score (nSPS) is 15.5. The number of amides is 1. The van der Waals surface area contributed by atoms with E-state index in [1.165, 1.54) is 0 Å². The van der Waals surface area contributed by atoms with Gasteiger partial charge < -0.3 is 10.1 Å². The Morgan fingerprint density at radius 3 is 2.83 bits per heavy atom. The fourth-order valence-electron chi connectivity index (χ4n) is 3.78. The zero-order valence-corrected chi connectivity index (χ0v) is 16.4. The first-order valence-corrected chi connectivity index (χ1v) is 9.75. The number of hydrogen-bond donors (Lipinski definition) is 1. The Labute approximate surface area is 172 Å². The summed E-state index contributed by atoms with van der Waals surface area (Å²) in [6.45, 7) is 1.50. The third-order valence-electron chi connectivity index (χ3n) is 5.25. The second-order valence-corrected chi connectivity index (χ2v) is 7.53. The maximum Gasteiger partial charge on any atom is 0.339 e. The van der Waals surface area contributed by atoms with Gasteiger partial charge >= 0.3 is 5.97 Å². The van der Waals surface area contributed by atoms with Gasteiger partial charge in [-0.05, 0) is 48.9 Å². The van der Waals surface area contributed by atoms with Crippen molar-refractivity contribution in [2.45, 2.75) is 26.2 Å². The largest absolute Gasteiger partial charge is 0.452 e. The molecule has 3 aromatic rings.